The van der Waals surface area contributed by atoms with Crippen LogP contribution in [-0.4, -0.2) is 5.91 Å². The van der Waals surface area contributed by atoms with Crippen molar-refractivity contribution < 1.29 is 22.8 Å². The van der Waals surface area contributed by atoms with Crippen molar-refractivity contribution in [3.63, 3.8) is 0 Å². The van der Waals surface area contributed by atoms with Crippen LogP contribution in [0.4, 0.5) is 13.2 Å². The number of carbonyl (C=O) groups excluding carboxylic acids is 1. The van der Waals surface area contributed by atoms with Gasteiger partial charge < -0.3 is 0 Å². The van der Waals surface area contributed by atoms with E-state index in [2.05, 4.69) is 0 Å². The molecule has 0 atom stereocenters. The Labute approximate surface area is 119 Å². The molecule has 0 bridgehead atoms. The standard InChI is InChI=1S/C15H12F3NO2/c16-15(17,18)13-9-5-4-8-12(13)14(20)19-21-10-11-6-2-1-3-7-11/h1-9H,10H2,(H,19,20). The lowest BCUT2D eigenvalue weighted by Gasteiger charge is -2.12. The molecule has 0 radical (unpaired) electrons. The van der Waals surface area contributed by atoms with Crippen LogP contribution < -0.4 is 5.48 Å². The number of amides is 1. The fourth-order valence-corrected chi connectivity index (χ4v) is 1.74. The van der Waals surface area contributed by atoms with Crippen LogP contribution in [0.2, 0.25) is 0 Å². The largest absolute Gasteiger partial charge is 0.417 e. The van der Waals surface area contributed by atoms with Crippen LogP contribution in [0, 0.1) is 0 Å². The molecule has 2 aromatic carbocycles. The molecule has 0 saturated carbocycles. The summed E-state index contributed by atoms with van der Waals surface area (Å²) in [6.07, 6.45) is -4.59. The second-order valence-corrected chi connectivity index (χ2v) is 4.25. The maximum atomic E-state index is 12.8. The van der Waals surface area contributed by atoms with Crippen molar-refractivity contribution >= 4 is 5.91 Å². The molecule has 0 unspecified atom stereocenters. The highest BCUT2D eigenvalue weighted by molar-refractivity contribution is 5.95. The van der Waals surface area contributed by atoms with Crippen molar-refractivity contribution in [1.29, 1.82) is 0 Å². The summed E-state index contributed by atoms with van der Waals surface area (Å²) in [6.45, 7) is 0.0702. The molecule has 0 aliphatic heterocycles. The summed E-state index contributed by atoms with van der Waals surface area (Å²) < 4.78 is 38.3. The van der Waals surface area contributed by atoms with Gasteiger partial charge >= 0.3 is 6.18 Å². The Kier molecular flexibility index (Phi) is 4.59. The van der Waals surface area contributed by atoms with Crippen molar-refractivity contribution in [1.82, 2.24) is 5.48 Å². The van der Waals surface area contributed by atoms with E-state index in [1.165, 1.54) is 12.1 Å². The highest BCUT2D eigenvalue weighted by atomic mass is 19.4. The molecule has 0 fully saturated rings. The molecule has 2 rings (SSSR count). The number of nitrogens with one attached hydrogen (secondary N) is 1. The van der Waals surface area contributed by atoms with E-state index in [0.717, 1.165) is 17.7 Å². The van der Waals surface area contributed by atoms with Gasteiger partial charge in [-0.1, -0.05) is 42.5 Å². The third-order valence-electron chi connectivity index (χ3n) is 2.72. The van der Waals surface area contributed by atoms with E-state index in [1.807, 2.05) is 11.5 Å². The zero-order chi connectivity index (χ0) is 15.3. The minimum Gasteiger partial charge on any atom is -0.269 e. The van der Waals surface area contributed by atoms with Crippen LogP contribution in [0.25, 0.3) is 0 Å². The number of hydroxylamine groups is 1. The summed E-state index contributed by atoms with van der Waals surface area (Å²) in [6, 6.07) is 13.5. The first-order valence-corrected chi connectivity index (χ1v) is 6.11. The van der Waals surface area contributed by atoms with Crippen LogP contribution in [0.3, 0.4) is 0 Å². The molecule has 0 heterocycles. The zero-order valence-electron chi connectivity index (χ0n) is 10.9. The Morgan fingerprint density at radius 2 is 1.62 bits per heavy atom. The molecule has 1 amide bonds. The molecule has 6 heteroatoms. The fourth-order valence-electron chi connectivity index (χ4n) is 1.74. The highest BCUT2D eigenvalue weighted by Crippen LogP contribution is 2.31. The number of hydrogen-bond acceptors (Lipinski definition) is 2. The van der Waals surface area contributed by atoms with Gasteiger partial charge in [-0.25, -0.2) is 5.48 Å². The van der Waals surface area contributed by atoms with Gasteiger partial charge in [-0.2, -0.15) is 13.2 Å². The minimum atomic E-state index is -4.59. The van der Waals surface area contributed by atoms with Crippen LogP contribution in [0.15, 0.2) is 54.6 Å². The fraction of sp³-hybridized carbons (Fsp3) is 0.133. The Balaban J connectivity index is 2.01. The van der Waals surface area contributed by atoms with Crippen molar-refractivity contribution in [3.05, 3.63) is 71.3 Å². The van der Waals surface area contributed by atoms with Gasteiger partial charge in [-0.05, 0) is 17.7 Å². The molecule has 0 aliphatic rings. The number of hydrogen-bond donors (Lipinski definition) is 1. The smallest absolute Gasteiger partial charge is 0.269 e. The van der Waals surface area contributed by atoms with Crippen molar-refractivity contribution in [2.75, 3.05) is 0 Å². The minimum absolute atomic E-state index is 0.0702. The summed E-state index contributed by atoms with van der Waals surface area (Å²) in [5, 5.41) is 0. The molecule has 0 aromatic heterocycles. The van der Waals surface area contributed by atoms with E-state index in [-0.39, 0.29) is 6.61 Å². The summed E-state index contributed by atoms with van der Waals surface area (Å²) >= 11 is 0. The molecule has 0 saturated heterocycles. The van der Waals surface area contributed by atoms with Gasteiger partial charge in [0.15, 0.2) is 0 Å². The van der Waals surface area contributed by atoms with Crippen molar-refractivity contribution in [3.8, 4) is 0 Å². The third-order valence-corrected chi connectivity index (χ3v) is 2.72. The number of alkyl halides is 3. The normalized spacial score (nSPS) is 11.2. The predicted molar refractivity (Wildman–Crippen MR) is 70.1 cm³/mol. The van der Waals surface area contributed by atoms with Gasteiger partial charge in [0, 0.05) is 0 Å². The van der Waals surface area contributed by atoms with E-state index in [4.69, 9.17) is 4.84 Å². The first-order valence-electron chi connectivity index (χ1n) is 6.11. The molecule has 2 aromatic rings. The average Bonchev–Trinajstić information content (AvgIpc) is 2.47. The third kappa shape index (κ3) is 4.06. The number of halogens is 3. The quantitative estimate of drug-likeness (QED) is 0.876. The van der Waals surface area contributed by atoms with Crippen LogP contribution in [0.5, 0.6) is 0 Å². The maximum Gasteiger partial charge on any atom is 0.417 e. The lowest BCUT2D eigenvalue weighted by Crippen LogP contribution is -2.26. The molecular weight excluding hydrogens is 283 g/mol. The number of carbonyl (C=O) groups is 1. The summed E-state index contributed by atoms with van der Waals surface area (Å²) in [4.78, 5) is 16.7. The maximum absolute atomic E-state index is 12.8. The predicted octanol–water partition coefficient (Wildman–Crippen LogP) is 3.57. The molecule has 110 valence electrons. The van der Waals surface area contributed by atoms with Gasteiger partial charge in [0.1, 0.15) is 0 Å². The van der Waals surface area contributed by atoms with Crippen LogP contribution in [0.1, 0.15) is 21.5 Å². The monoisotopic (exact) mass is 295 g/mol. The van der Waals surface area contributed by atoms with E-state index < -0.39 is 23.2 Å². The molecule has 3 nitrogen and oxygen atoms in total. The van der Waals surface area contributed by atoms with Crippen LogP contribution in [-0.2, 0) is 17.6 Å². The molecule has 0 aliphatic carbocycles. The number of benzene rings is 2. The van der Waals surface area contributed by atoms with E-state index in [0.29, 0.717) is 0 Å². The van der Waals surface area contributed by atoms with Gasteiger partial charge in [0.2, 0.25) is 0 Å². The number of rotatable bonds is 4. The van der Waals surface area contributed by atoms with Gasteiger partial charge in [0.25, 0.3) is 5.91 Å². The van der Waals surface area contributed by atoms with Crippen molar-refractivity contribution in [2.24, 2.45) is 0 Å². The Bertz CT molecular complexity index is 612. The van der Waals surface area contributed by atoms with Crippen molar-refractivity contribution in [2.45, 2.75) is 12.8 Å². The van der Waals surface area contributed by atoms with E-state index in [1.54, 1.807) is 24.3 Å². The topological polar surface area (TPSA) is 38.3 Å². The summed E-state index contributed by atoms with van der Waals surface area (Å²) in [5.41, 5.74) is 1.35. The Morgan fingerprint density at radius 1 is 1.00 bits per heavy atom. The molecule has 0 spiro atoms. The Hall–Kier alpha value is -2.34. The average molecular weight is 295 g/mol. The summed E-state index contributed by atoms with van der Waals surface area (Å²) in [7, 11) is 0. The second kappa shape index (κ2) is 6.41. The van der Waals surface area contributed by atoms with E-state index in [9.17, 15) is 18.0 Å². The first-order chi connectivity index (χ1) is 9.98. The zero-order valence-corrected chi connectivity index (χ0v) is 10.9. The lowest BCUT2D eigenvalue weighted by atomic mass is 10.1. The summed E-state index contributed by atoms with van der Waals surface area (Å²) in [5.74, 6) is -0.932. The first kappa shape index (κ1) is 15.1. The lowest BCUT2D eigenvalue weighted by molar-refractivity contribution is -0.138. The second-order valence-electron chi connectivity index (χ2n) is 4.25. The van der Waals surface area contributed by atoms with Crippen LogP contribution >= 0.6 is 0 Å². The molecule has 21 heavy (non-hydrogen) atoms. The SMILES string of the molecule is O=C(NOCc1ccccc1)c1ccccc1C(F)(F)F. The van der Waals surface area contributed by atoms with Gasteiger partial charge in [-0.15, -0.1) is 0 Å². The Morgan fingerprint density at radius 3 is 2.29 bits per heavy atom. The van der Waals surface area contributed by atoms with Gasteiger partial charge in [0.05, 0.1) is 17.7 Å². The van der Waals surface area contributed by atoms with E-state index >= 15 is 0 Å². The van der Waals surface area contributed by atoms with Gasteiger partial charge in [-0.3, -0.25) is 9.63 Å². The molecule has 1 N–H and O–H groups in total. The molecular formula is C15H12F3NO2. The highest BCUT2D eigenvalue weighted by Gasteiger charge is 2.34.